The summed E-state index contributed by atoms with van der Waals surface area (Å²) >= 11 is 0. The first-order valence-electron chi connectivity index (χ1n) is 8.52. The third-order valence-corrected chi connectivity index (χ3v) is 4.81. The molecule has 118 valence electrons. The largest absolute Gasteiger partial charge is 0.494 e. The van der Waals surface area contributed by atoms with Gasteiger partial charge in [0.15, 0.2) is 0 Å². The molecule has 1 unspecified atom stereocenters. The van der Waals surface area contributed by atoms with Crippen LogP contribution in [-0.4, -0.2) is 13.2 Å². The Morgan fingerprint density at radius 2 is 1.95 bits per heavy atom. The smallest absolute Gasteiger partial charge is 0.119 e. The topological polar surface area (TPSA) is 21.3 Å². The Hall–Kier alpha value is -1.02. The van der Waals surface area contributed by atoms with Gasteiger partial charge in [0.25, 0.3) is 0 Å². The first kappa shape index (κ1) is 16.4. The minimum absolute atomic E-state index is 0.464. The first-order valence-corrected chi connectivity index (χ1v) is 8.52. The van der Waals surface area contributed by atoms with Crippen molar-refractivity contribution in [2.24, 2.45) is 11.3 Å². The molecule has 1 N–H and O–H groups in total. The Morgan fingerprint density at radius 3 is 2.57 bits per heavy atom. The maximum absolute atomic E-state index is 5.67. The summed E-state index contributed by atoms with van der Waals surface area (Å²) in [5.74, 6) is 1.74. The van der Waals surface area contributed by atoms with Gasteiger partial charge in [-0.2, -0.15) is 0 Å². The van der Waals surface area contributed by atoms with Crippen LogP contribution in [0.15, 0.2) is 24.3 Å². The molecule has 1 aliphatic carbocycles. The standard InChI is InChI=1S/C19H31NO/c1-5-20-18(15-10-12-19(3,4)13-11-15)16-8-7-9-17(14-16)21-6-2/h7-9,14-15,18,20H,5-6,10-13H2,1-4H3. The summed E-state index contributed by atoms with van der Waals surface area (Å²) in [6.07, 6.45) is 5.32. The van der Waals surface area contributed by atoms with Crippen molar-refractivity contribution in [1.29, 1.82) is 0 Å². The third kappa shape index (κ3) is 4.47. The minimum atomic E-state index is 0.464. The van der Waals surface area contributed by atoms with Gasteiger partial charge in [-0.25, -0.2) is 0 Å². The predicted octanol–water partition coefficient (Wildman–Crippen LogP) is 4.95. The fourth-order valence-corrected chi connectivity index (χ4v) is 3.50. The van der Waals surface area contributed by atoms with E-state index in [-0.39, 0.29) is 0 Å². The van der Waals surface area contributed by atoms with Crippen molar-refractivity contribution in [2.45, 2.75) is 59.4 Å². The highest BCUT2D eigenvalue weighted by molar-refractivity contribution is 5.31. The van der Waals surface area contributed by atoms with Gasteiger partial charge in [0, 0.05) is 6.04 Å². The lowest BCUT2D eigenvalue weighted by Gasteiger charge is -2.38. The van der Waals surface area contributed by atoms with Gasteiger partial charge in [-0.05, 0) is 68.2 Å². The first-order chi connectivity index (χ1) is 10.1. The Morgan fingerprint density at radius 1 is 1.24 bits per heavy atom. The van der Waals surface area contributed by atoms with Gasteiger partial charge in [-0.15, -0.1) is 0 Å². The molecule has 0 bridgehead atoms. The summed E-state index contributed by atoms with van der Waals surface area (Å²) in [6.45, 7) is 10.8. The monoisotopic (exact) mass is 289 g/mol. The van der Waals surface area contributed by atoms with E-state index in [1.54, 1.807) is 0 Å². The van der Waals surface area contributed by atoms with Gasteiger partial charge in [0.1, 0.15) is 5.75 Å². The SMILES string of the molecule is CCNC(c1cccc(OCC)c1)C1CCC(C)(C)CC1. The van der Waals surface area contributed by atoms with E-state index in [1.165, 1.54) is 31.2 Å². The minimum Gasteiger partial charge on any atom is -0.494 e. The lowest BCUT2D eigenvalue weighted by atomic mass is 9.70. The Bertz CT molecular complexity index is 431. The van der Waals surface area contributed by atoms with Crippen molar-refractivity contribution in [3.05, 3.63) is 29.8 Å². The molecular formula is C19H31NO. The molecule has 1 aliphatic rings. The maximum atomic E-state index is 5.67. The average Bonchev–Trinajstić information content (AvgIpc) is 2.46. The van der Waals surface area contributed by atoms with Gasteiger partial charge in [0.2, 0.25) is 0 Å². The summed E-state index contributed by atoms with van der Waals surface area (Å²) in [7, 11) is 0. The van der Waals surface area contributed by atoms with Crippen LogP contribution in [-0.2, 0) is 0 Å². The fraction of sp³-hybridized carbons (Fsp3) is 0.684. The number of hydrogen-bond donors (Lipinski definition) is 1. The zero-order valence-electron chi connectivity index (χ0n) is 14.1. The van der Waals surface area contributed by atoms with Crippen LogP contribution in [0.4, 0.5) is 0 Å². The molecule has 1 saturated carbocycles. The van der Waals surface area contributed by atoms with Crippen LogP contribution in [0.25, 0.3) is 0 Å². The summed E-state index contributed by atoms with van der Waals surface area (Å²) < 4.78 is 5.67. The number of nitrogens with one attached hydrogen (secondary N) is 1. The molecule has 1 fully saturated rings. The van der Waals surface area contributed by atoms with E-state index in [9.17, 15) is 0 Å². The quantitative estimate of drug-likeness (QED) is 0.800. The molecule has 0 aromatic heterocycles. The predicted molar refractivity (Wildman–Crippen MR) is 89.8 cm³/mol. The molecule has 1 atom stereocenters. The Balaban J connectivity index is 2.13. The molecule has 1 aromatic carbocycles. The molecule has 0 radical (unpaired) electrons. The van der Waals surface area contributed by atoms with Crippen molar-refractivity contribution >= 4 is 0 Å². The third-order valence-electron chi connectivity index (χ3n) is 4.81. The normalized spacial score (nSPS) is 20.2. The lowest BCUT2D eigenvalue weighted by molar-refractivity contribution is 0.162. The van der Waals surface area contributed by atoms with Crippen molar-refractivity contribution in [1.82, 2.24) is 5.32 Å². The van der Waals surface area contributed by atoms with Crippen LogP contribution in [0.5, 0.6) is 5.75 Å². The van der Waals surface area contributed by atoms with E-state index in [1.807, 2.05) is 6.92 Å². The van der Waals surface area contributed by atoms with Crippen molar-refractivity contribution in [2.75, 3.05) is 13.2 Å². The maximum Gasteiger partial charge on any atom is 0.119 e. The molecule has 2 heteroatoms. The van der Waals surface area contributed by atoms with Crippen LogP contribution >= 0.6 is 0 Å². The van der Waals surface area contributed by atoms with E-state index in [2.05, 4.69) is 50.4 Å². The molecule has 1 aromatic rings. The molecule has 0 saturated heterocycles. The van der Waals surface area contributed by atoms with Gasteiger partial charge < -0.3 is 10.1 Å². The zero-order chi connectivity index (χ0) is 15.3. The lowest BCUT2D eigenvalue weighted by Crippen LogP contribution is -2.32. The molecule has 0 aliphatic heterocycles. The second-order valence-corrected chi connectivity index (χ2v) is 7.04. The molecule has 0 heterocycles. The van der Waals surface area contributed by atoms with E-state index >= 15 is 0 Å². The Kier molecular flexibility index (Phi) is 5.69. The second kappa shape index (κ2) is 7.31. The molecule has 2 rings (SSSR count). The van der Waals surface area contributed by atoms with E-state index in [0.717, 1.165) is 24.8 Å². The van der Waals surface area contributed by atoms with E-state index < -0.39 is 0 Å². The average molecular weight is 289 g/mol. The fourth-order valence-electron chi connectivity index (χ4n) is 3.50. The van der Waals surface area contributed by atoms with Crippen molar-refractivity contribution in [3.8, 4) is 5.75 Å². The highest BCUT2D eigenvalue weighted by Crippen LogP contribution is 2.43. The van der Waals surface area contributed by atoms with Crippen LogP contribution < -0.4 is 10.1 Å². The summed E-state index contributed by atoms with van der Waals surface area (Å²) in [5.41, 5.74) is 1.91. The summed E-state index contributed by atoms with van der Waals surface area (Å²) in [4.78, 5) is 0. The molecule has 0 spiro atoms. The van der Waals surface area contributed by atoms with Crippen molar-refractivity contribution in [3.63, 3.8) is 0 Å². The number of rotatable bonds is 6. The van der Waals surface area contributed by atoms with Gasteiger partial charge in [-0.1, -0.05) is 32.9 Å². The zero-order valence-corrected chi connectivity index (χ0v) is 14.1. The van der Waals surface area contributed by atoms with Crippen LogP contribution in [0.3, 0.4) is 0 Å². The number of benzene rings is 1. The van der Waals surface area contributed by atoms with E-state index in [0.29, 0.717) is 11.5 Å². The van der Waals surface area contributed by atoms with Crippen LogP contribution in [0.1, 0.15) is 65.0 Å². The summed E-state index contributed by atoms with van der Waals surface area (Å²) in [6, 6.07) is 9.11. The van der Waals surface area contributed by atoms with Gasteiger partial charge >= 0.3 is 0 Å². The molecule has 21 heavy (non-hydrogen) atoms. The Labute approximate surface area is 130 Å². The van der Waals surface area contributed by atoms with Crippen molar-refractivity contribution < 1.29 is 4.74 Å². The second-order valence-electron chi connectivity index (χ2n) is 7.04. The van der Waals surface area contributed by atoms with Gasteiger partial charge in [0.05, 0.1) is 6.61 Å². The highest BCUT2D eigenvalue weighted by Gasteiger charge is 2.31. The number of ether oxygens (including phenoxy) is 1. The summed E-state index contributed by atoms with van der Waals surface area (Å²) in [5, 5.41) is 3.71. The van der Waals surface area contributed by atoms with Crippen LogP contribution in [0.2, 0.25) is 0 Å². The number of hydrogen-bond acceptors (Lipinski definition) is 2. The molecular weight excluding hydrogens is 258 g/mol. The van der Waals surface area contributed by atoms with Gasteiger partial charge in [-0.3, -0.25) is 0 Å². The highest BCUT2D eigenvalue weighted by atomic mass is 16.5. The molecule has 0 amide bonds. The molecule has 2 nitrogen and oxygen atoms in total. The van der Waals surface area contributed by atoms with E-state index in [4.69, 9.17) is 4.74 Å². The van der Waals surface area contributed by atoms with Crippen LogP contribution in [0, 0.1) is 11.3 Å².